The van der Waals surface area contributed by atoms with E-state index >= 15 is 0 Å². The van der Waals surface area contributed by atoms with Crippen molar-refractivity contribution in [1.29, 1.82) is 0 Å². The van der Waals surface area contributed by atoms with Gasteiger partial charge in [0.1, 0.15) is 11.5 Å². The van der Waals surface area contributed by atoms with Gasteiger partial charge in [0.25, 0.3) is 11.8 Å². The number of alkyl halides is 3. The Morgan fingerprint density at radius 1 is 0.894 bits per heavy atom. The summed E-state index contributed by atoms with van der Waals surface area (Å²) in [5.74, 6) is 0.275. The average Bonchev–Trinajstić information content (AvgIpc) is 3.04. The highest BCUT2D eigenvalue weighted by molar-refractivity contribution is 6.05. The molecule has 2 atom stereocenters. The molecule has 2 unspecified atom stereocenters. The highest BCUT2D eigenvalue weighted by Gasteiger charge is 2.40. The second kappa shape index (κ2) is 15.4. The molecule has 1 saturated carbocycles. The van der Waals surface area contributed by atoms with Crippen LogP contribution in [0.15, 0.2) is 96.0 Å². The van der Waals surface area contributed by atoms with Crippen LogP contribution in [0.5, 0.6) is 5.75 Å². The van der Waals surface area contributed by atoms with Gasteiger partial charge in [-0.3, -0.25) is 9.59 Å². The predicted octanol–water partition coefficient (Wildman–Crippen LogP) is 10.1. The number of carbonyl (C=O) groups excluding carboxylic acids is 2. The number of para-hydroxylation sites is 2. The molecule has 3 aromatic rings. The number of hydrogen-bond acceptors (Lipinski definition) is 4. The molecule has 1 heterocycles. The van der Waals surface area contributed by atoms with Gasteiger partial charge < -0.3 is 20.1 Å². The zero-order valence-electron chi connectivity index (χ0n) is 26.8. The molecule has 2 aliphatic rings. The van der Waals surface area contributed by atoms with Crippen molar-refractivity contribution in [3.05, 3.63) is 102 Å². The standard InChI is InChI=1S/C38H41F3N2O4/c1-25-8-7-9-26(24-25)14-23-31-10-3-4-11-32(38(39,40)41)35(47-31)37(45)42-30-21-19-28(20-22-30)27-15-17-29(18-16-27)36(44)43-33-12-5-6-13-34(33)46-2/h5-6,10,12-13,15-22,25-26H,3-4,7-9,11,14,23-24H2,1-2H3,(H,42,45)(H,43,44)/b31-10+,35-32+. The number of allylic oxidation sites excluding steroid dienone is 3. The number of halogens is 3. The molecule has 1 aliphatic carbocycles. The van der Waals surface area contributed by atoms with Crippen molar-refractivity contribution >= 4 is 23.2 Å². The third-order valence-electron chi connectivity index (χ3n) is 8.88. The van der Waals surface area contributed by atoms with E-state index in [-0.39, 0.29) is 18.7 Å². The van der Waals surface area contributed by atoms with Crippen molar-refractivity contribution in [1.82, 2.24) is 0 Å². The molecule has 248 valence electrons. The number of rotatable bonds is 9. The Morgan fingerprint density at radius 3 is 2.28 bits per heavy atom. The minimum absolute atomic E-state index is 0.286. The highest BCUT2D eigenvalue weighted by Crippen LogP contribution is 2.37. The van der Waals surface area contributed by atoms with Gasteiger partial charge in [0.05, 0.1) is 18.4 Å². The third kappa shape index (κ3) is 9.05. The van der Waals surface area contributed by atoms with Crippen molar-refractivity contribution in [2.75, 3.05) is 17.7 Å². The maximum Gasteiger partial charge on any atom is 0.416 e. The lowest BCUT2D eigenvalue weighted by Gasteiger charge is -2.27. The van der Waals surface area contributed by atoms with Gasteiger partial charge in [0.2, 0.25) is 0 Å². The molecule has 1 fully saturated rings. The van der Waals surface area contributed by atoms with Gasteiger partial charge in [0.15, 0.2) is 5.76 Å². The number of carbonyl (C=O) groups is 2. The van der Waals surface area contributed by atoms with E-state index in [1.165, 1.54) is 20.0 Å². The molecule has 0 saturated heterocycles. The minimum Gasteiger partial charge on any atom is -0.495 e. The van der Waals surface area contributed by atoms with Crippen molar-refractivity contribution in [3.8, 4) is 16.9 Å². The zero-order valence-corrected chi connectivity index (χ0v) is 26.8. The van der Waals surface area contributed by atoms with E-state index in [1.54, 1.807) is 66.7 Å². The predicted molar refractivity (Wildman–Crippen MR) is 178 cm³/mol. The van der Waals surface area contributed by atoms with Gasteiger partial charge >= 0.3 is 6.18 Å². The molecule has 47 heavy (non-hydrogen) atoms. The number of anilines is 2. The fraction of sp³-hybridized carbons (Fsp3) is 0.368. The number of ether oxygens (including phenoxy) is 2. The van der Waals surface area contributed by atoms with E-state index in [0.717, 1.165) is 30.4 Å². The quantitative estimate of drug-likeness (QED) is 0.243. The molecule has 2 amide bonds. The van der Waals surface area contributed by atoms with Crippen molar-refractivity contribution < 1.29 is 32.2 Å². The zero-order chi connectivity index (χ0) is 33.4. The summed E-state index contributed by atoms with van der Waals surface area (Å²) >= 11 is 0. The summed E-state index contributed by atoms with van der Waals surface area (Å²) in [6.07, 6.45) is 3.59. The van der Waals surface area contributed by atoms with Gasteiger partial charge in [-0.15, -0.1) is 0 Å². The monoisotopic (exact) mass is 646 g/mol. The second-order valence-corrected chi connectivity index (χ2v) is 12.4. The Bertz CT molecular complexity index is 1610. The number of methoxy groups -OCH3 is 1. The fourth-order valence-electron chi connectivity index (χ4n) is 6.36. The molecule has 0 spiro atoms. The molecular formula is C38H41F3N2O4. The SMILES string of the molecule is COc1ccccc1NC(=O)c1ccc(-c2ccc(NC(=O)/C3=C(\C(F)(F)F)CCC/C=C(\CCC4CCCC(C)C4)O3)cc2)cc1. The molecule has 6 nitrogen and oxygen atoms in total. The first kappa shape index (κ1) is 33.8. The van der Waals surface area contributed by atoms with Crippen LogP contribution in [-0.4, -0.2) is 25.1 Å². The summed E-state index contributed by atoms with van der Waals surface area (Å²) < 4.78 is 53.6. The molecule has 1 aliphatic heterocycles. The number of benzene rings is 3. The highest BCUT2D eigenvalue weighted by atomic mass is 19.4. The summed E-state index contributed by atoms with van der Waals surface area (Å²) in [6, 6.07) is 20.9. The molecule has 0 aromatic heterocycles. The maximum atomic E-state index is 14.1. The normalized spacial score (nSPS) is 21.3. The Balaban J connectivity index is 1.25. The lowest BCUT2D eigenvalue weighted by molar-refractivity contribution is -0.119. The first-order valence-corrected chi connectivity index (χ1v) is 16.2. The summed E-state index contributed by atoms with van der Waals surface area (Å²) in [7, 11) is 1.53. The van der Waals surface area contributed by atoms with E-state index in [4.69, 9.17) is 9.47 Å². The first-order valence-electron chi connectivity index (χ1n) is 16.2. The van der Waals surface area contributed by atoms with Crippen molar-refractivity contribution in [3.63, 3.8) is 0 Å². The Hall–Kier alpha value is -4.53. The number of hydrogen-bond donors (Lipinski definition) is 2. The van der Waals surface area contributed by atoms with Crippen LogP contribution in [0.4, 0.5) is 24.5 Å². The van der Waals surface area contributed by atoms with Gasteiger partial charge in [-0.1, -0.05) is 62.6 Å². The molecular weight excluding hydrogens is 605 g/mol. The summed E-state index contributed by atoms with van der Waals surface area (Å²) in [5, 5.41) is 5.46. The van der Waals surface area contributed by atoms with Gasteiger partial charge in [-0.05, 0) is 97.5 Å². The van der Waals surface area contributed by atoms with Crippen molar-refractivity contribution in [2.45, 2.75) is 70.9 Å². The minimum atomic E-state index is -4.69. The smallest absolute Gasteiger partial charge is 0.416 e. The lowest BCUT2D eigenvalue weighted by Crippen LogP contribution is -2.25. The molecule has 0 bridgehead atoms. The topological polar surface area (TPSA) is 76.7 Å². The Labute approximate surface area is 274 Å². The first-order chi connectivity index (χ1) is 22.6. The lowest BCUT2D eigenvalue weighted by atomic mass is 9.80. The Kier molecular flexibility index (Phi) is 11.1. The van der Waals surface area contributed by atoms with Crippen molar-refractivity contribution in [2.24, 2.45) is 11.8 Å². The molecule has 0 radical (unpaired) electrons. The van der Waals surface area contributed by atoms with Gasteiger partial charge in [0, 0.05) is 17.7 Å². The van der Waals surface area contributed by atoms with Crippen LogP contribution in [-0.2, 0) is 9.53 Å². The van der Waals surface area contributed by atoms with Crippen LogP contribution < -0.4 is 15.4 Å². The van der Waals surface area contributed by atoms with Crippen LogP contribution in [0.3, 0.4) is 0 Å². The van der Waals surface area contributed by atoms with E-state index < -0.39 is 23.4 Å². The fourth-order valence-corrected chi connectivity index (χ4v) is 6.36. The number of amides is 2. The largest absolute Gasteiger partial charge is 0.495 e. The van der Waals surface area contributed by atoms with E-state index in [1.807, 2.05) is 12.1 Å². The van der Waals surface area contributed by atoms with Crippen LogP contribution >= 0.6 is 0 Å². The van der Waals surface area contributed by atoms with E-state index in [9.17, 15) is 22.8 Å². The van der Waals surface area contributed by atoms with Gasteiger partial charge in [-0.25, -0.2) is 0 Å². The molecule has 5 rings (SSSR count). The van der Waals surface area contributed by atoms with Crippen LogP contribution in [0, 0.1) is 11.8 Å². The summed E-state index contributed by atoms with van der Waals surface area (Å²) in [4.78, 5) is 26.1. The van der Waals surface area contributed by atoms with Crippen LogP contribution in [0.2, 0.25) is 0 Å². The van der Waals surface area contributed by atoms with E-state index in [0.29, 0.717) is 53.1 Å². The number of nitrogens with one attached hydrogen (secondary N) is 2. The molecule has 3 aromatic carbocycles. The Morgan fingerprint density at radius 2 is 1.60 bits per heavy atom. The van der Waals surface area contributed by atoms with Crippen LogP contribution in [0.25, 0.3) is 11.1 Å². The second-order valence-electron chi connectivity index (χ2n) is 12.4. The molecule has 9 heteroatoms. The average molecular weight is 647 g/mol. The third-order valence-corrected chi connectivity index (χ3v) is 8.88. The molecule has 2 N–H and O–H groups in total. The maximum absolute atomic E-state index is 14.1. The van der Waals surface area contributed by atoms with Crippen LogP contribution in [0.1, 0.15) is 75.1 Å². The summed E-state index contributed by atoms with van der Waals surface area (Å²) in [6.45, 7) is 2.24. The summed E-state index contributed by atoms with van der Waals surface area (Å²) in [5.41, 5.74) is 2.05. The van der Waals surface area contributed by atoms with Gasteiger partial charge in [-0.2, -0.15) is 13.2 Å². The van der Waals surface area contributed by atoms with E-state index in [2.05, 4.69) is 17.6 Å².